The molecule has 0 unspecified atom stereocenters. The number of alkyl halides is 3. The summed E-state index contributed by atoms with van der Waals surface area (Å²) in [7, 11) is 0. The van der Waals surface area contributed by atoms with E-state index in [9.17, 15) is 18.0 Å². The van der Waals surface area contributed by atoms with E-state index in [-0.39, 0.29) is 24.5 Å². The van der Waals surface area contributed by atoms with Crippen LogP contribution in [0.25, 0.3) is 11.0 Å². The van der Waals surface area contributed by atoms with Crippen molar-refractivity contribution in [3.63, 3.8) is 0 Å². The van der Waals surface area contributed by atoms with Crippen molar-refractivity contribution in [2.45, 2.75) is 26.3 Å². The Bertz CT molecular complexity index is 1290. The predicted octanol–water partition coefficient (Wildman–Crippen LogP) is 4.86. The number of aryl methyl sites for hydroxylation is 1. The van der Waals surface area contributed by atoms with Crippen LogP contribution in [0.3, 0.4) is 0 Å². The van der Waals surface area contributed by atoms with Gasteiger partial charge in [0, 0.05) is 36.1 Å². The number of benzene rings is 1. The lowest BCUT2D eigenvalue weighted by Gasteiger charge is -2.16. The number of nitrogens with zero attached hydrogens (tertiary/aromatic N) is 3. The Kier molecular flexibility index (Phi) is 6.21. The van der Waals surface area contributed by atoms with E-state index < -0.39 is 17.6 Å². The number of hydrogen-bond donors (Lipinski definition) is 1. The molecule has 0 aliphatic rings. The van der Waals surface area contributed by atoms with Gasteiger partial charge in [-0.25, -0.2) is 9.97 Å². The molecule has 0 aliphatic carbocycles. The van der Waals surface area contributed by atoms with Crippen LogP contribution in [-0.2, 0) is 19.3 Å². The van der Waals surface area contributed by atoms with E-state index in [0.717, 1.165) is 6.07 Å². The highest BCUT2D eigenvalue weighted by molar-refractivity contribution is 5.98. The Morgan fingerprint density at radius 1 is 1.06 bits per heavy atom. The van der Waals surface area contributed by atoms with Gasteiger partial charge in [-0.15, -0.1) is 0 Å². The van der Waals surface area contributed by atoms with Crippen LogP contribution >= 0.6 is 0 Å². The molecule has 33 heavy (non-hydrogen) atoms. The second-order valence-electron chi connectivity index (χ2n) is 7.33. The fraction of sp³-hybridized carbons (Fsp3) is 0.167. The van der Waals surface area contributed by atoms with Crippen LogP contribution in [0.1, 0.15) is 32.7 Å². The molecule has 0 atom stereocenters. The molecule has 0 spiro atoms. The highest BCUT2D eigenvalue weighted by atomic mass is 19.4. The standard InChI is InChI=1S/C24H19F3N4O2/c1-15-19(11-18-5-3-9-29-22(18)31-15)23(32)30-13-16-6-7-21(20(10-16)24(25,26)27)33-14-17-4-2-8-28-12-17/h2-12H,13-14H2,1H3,(H,30,32). The van der Waals surface area contributed by atoms with Crippen LogP contribution in [0, 0.1) is 6.92 Å². The molecular formula is C24H19F3N4O2. The molecule has 0 saturated carbocycles. The first-order valence-corrected chi connectivity index (χ1v) is 10.0. The topological polar surface area (TPSA) is 77.0 Å². The molecule has 1 aromatic carbocycles. The minimum atomic E-state index is -4.61. The number of aromatic nitrogens is 3. The first kappa shape index (κ1) is 22.2. The second-order valence-corrected chi connectivity index (χ2v) is 7.33. The molecule has 3 aromatic heterocycles. The molecule has 168 valence electrons. The summed E-state index contributed by atoms with van der Waals surface area (Å²) in [4.78, 5) is 25.0. The molecule has 1 N–H and O–H groups in total. The van der Waals surface area contributed by atoms with Gasteiger partial charge in [0.05, 0.1) is 16.8 Å². The summed E-state index contributed by atoms with van der Waals surface area (Å²) >= 11 is 0. The van der Waals surface area contributed by atoms with Gasteiger partial charge in [0.1, 0.15) is 12.4 Å². The summed E-state index contributed by atoms with van der Waals surface area (Å²) in [6.45, 7) is 1.55. The average molecular weight is 452 g/mol. The number of nitrogens with one attached hydrogen (secondary N) is 1. The number of fused-ring (bicyclic) bond motifs is 1. The summed E-state index contributed by atoms with van der Waals surface area (Å²) in [5, 5.41) is 3.36. The third-order valence-electron chi connectivity index (χ3n) is 4.94. The van der Waals surface area contributed by atoms with Gasteiger partial charge >= 0.3 is 6.18 Å². The Morgan fingerprint density at radius 3 is 2.64 bits per heavy atom. The van der Waals surface area contributed by atoms with Crippen molar-refractivity contribution in [2.24, 2.45) is 0 Å². The number of amides is 1. The van der Waals surface area contributed by atoms with Crippen LogP contribution in [0.4, 0.5) is 13.2 Å². The molecule has 4 rings (SSSR count). The smallest absolute Gasteiger partial charge is 0.419 e. The zero-order valence-electron chi connectivity index (χ0n) is 17.6. The maximum atomic E-state index is 13.6. The lowest BCUT2D eigenvalue weighted by Crippen LogP contribution is -2.24. The monoisotopic (exact) mass is 452 g/mol. The van der Waals surface area contributed by atoms with Crippen molar-refractivity contribution >= 4 is 16.9 Å². The Morgan fingerprint density at radius 2 is 1.88 bits per heavy atom. The molecule has 9 heteroatoms. The minimum absolute atomic E-state index is 0.0455. The fourth-order valence-electron chi connectivity index (χ4n) is 3.28. The van der Waals surface area contributed by atoms with Gasteiger partial charge < -0.3 is 10.1 Å². The Labute approximate surface area is 187 Å². The number of ether oxygens (including phenoxy) is 1. The number of rotatable bonds is 6. The largest absolute Gasteiger partial charge is 0.488 e. The van der Waals surface area contributed by atoms with E-state index in [4.69, 9.17) is 4.74 Å². The first-order chi connectivity index (χ1) is 15.8. The van der Waals surface area contributed by atoms with Crippen LogP contribution in [0.2, 0.25) is 0 Å². The summed E-state index contributed by atoms with van der Waals surface area (Å²) in [6, 6.07) is 12.3. The van der Waals surface area contributed by atoms with E-state index in [1.807, 2.05) is 0 Å². The normalized spacial score (nSPS) is 11.4. The quantitative estimate of drug-likeness (QED) is 0.452. The van der Waals surface area contributed by atoms with E-state index in [1.54, 1.807) is 49.6 Å². The first-order valence-electron chi connectivity index (χ1n) is 10.0. The molecule has 1 amide bonds. The van der Waals surface area contributed by atoms with Crippen molar-refractivity contribution in [2.75, 3.05) is 0 Å². The SMILES string of the molecule is Cc1nc2ncccc2cc1C(=O)NCc1ccc(OCc2cccnc2)c(C(F)(F)F)c1. The maximum absolute atomic E-state index is 13.6. The highest BCUT2D eigenvalue weighted by Crippen LogP contribution is 2.37. The maximum Gasteiger partial charge on any atom is 0.419 e. The molecule has 4 aromatic rings. The van der Waals surface area contributed by atoms with Crippen molar-refractivity contribution in [3.05, 3.63) is 95.1 Å². The fourth-order valence-corrected chi connectivity index (χ4v) is 3.28. The number of carbonyl (C=O) groups is 1. The van der Waals surface area contributed by atoms with Crippen molar-refractivity contribution in [1.82, 2.24) is 20.3 Å². The van der Waals surface area contributed by atoms with Crippen LogP contribution in [0.5, 0.6) is 5.75 Å². The van der Waals surface area contributed by atoms with Crippen LogP contribution in [0.15, 0.2) is 67.1 Å². The number of halogens is 3. The lowest BCUT2D eigenvalue weighted by atomic mass is 10.1. The molecule has 0 radical (unpaired) electrons. The summed E-state index contributed by atoms with van der Waals surface area (Å²) in [5.74, 6) is -0.722. The van der Waals surface area contributed by atoms with Crippen molar-refractivity contribution < 1.29 is 22.7 Å². The van der Waals surface area contributed by atoms with Crippen LogP contribution < -0.4 is 10.1 Å². The van der Waals surface area contributed by atoms with Gasteiger partial charge in [0.15, 0.2) is 5.65 Å². The highest BCUT2D eigenvalue weighted by Gasteiger charge is 2.34. The Balaban J connectivity index is 1.50. The number of pyridine rings is 3. The predicted molar refractivity (Wildman–Crippen MR) is 115 cm³/mol. The van der Waals surface area contributed by atoms with E-state index in [2.05, 4.69) is 20.3 Å². The van der Waals surface area contributed by atoms with Gasteiger partial charge in [0.25, 0.3) is 5.91 Å². The van der Waals surface area contributed by atoms with Gasteiger partial charge in [0.2, 0.25) is 0 Å². The van der Waals surface area contributed by atoms with E-state index in [1.165, 1.54) is 18.3 Å². The molecule has 0 aliphatic heterocycles. The number of hydrogen-bond acceptors (Lipinski definition) is 5. The third kappa shape index (κ3) is 5.25. The van der Waals surface area contributed by atoms with Gasteiger partial charge in [-0.3, -0.25) is 9.78 Å². The van der Waals surface area contributed by atoms with Crippen LogP contribution in [-0.4, -0.2) is 20.9 Å². The molecule has 3 heterocycles. The van der Waals surface area contributed by atoms with Crippen molar-refractivity contribution in [1.29, 1.82) is 0 Å². The minimum Gasteiger partial charge on any atom is -0.488 e. The van der Waals surface area contributed by atoms with Crippen molar-refractivity contribution in [3.8, 4) is 5.75 Å². The number of carbonyl (C=O) groups excluding carboxylic acids is 1. The molecular weight excluding hydrogens is 433 g/mol. The average Bonchev–Trinajstić information content (AvgIpc) is 2.81. The molecule has 0 saturated heterocycles. The van der Waals surface area contributed by atoms with Gasteiger partial charge in [-0.1, -0.05) is 12.1 Å². The summed E-state index contributed by atoms with van der Waals surface area (Å²) in [6.07, 6.45) is 0.0873. The zero-order valence-corrected chi connectivity index (χ0v) is 17.6. The summed E-state index contributed by atoms with van der Waals surface area (Å²) < 4.78 is 46.3. The van der Waals surface area contributed by atoms with Gasteiger partial charge in [-0.2, -0.15) is 13.2 Å². The van der Waals surface area contributed by atoms with E-state index >= 15 is 0 Å². The Hall–Kier alpha value is -4.01. The summed E-state index contributed by atoms with van der Waals surface area (Å²) in [5.41, 5.74) is 1.36. The lowest BCUT2D eigenvalue weighted by molar-refractivity contribution is -0.139. The van der Waals surface area contributed by atoms with Gasteiger partial charge in [-0.05, 0) is 48.9 Å². The second kappa shape index (κ2) is 9.23. The molecule has 6 nitrogen and oxygen atoms in total. The molecule has 0 bridgehead atoms. The van der Waals surface area contributed by atoms with E-state index in [0.29, 0.717) is 27.9 Å². The third-order valence-corrected chi connectivity index (χ3v) is 4.94. The zero-order chi connectivity index (χ0) is 23.4. The molecule has 0 fully saturated rings.